The van der Waals surface area contributed by atoms with E-state index in [2.05, 4.69) is 10.6 Å². The molecule has 0 saturated heterocycles. The molecule has 0 fully saturated rings. The highest BCUT2D eigenvalue weighted by Crippen LogP contribution is 2.10. The fraction of sp³-hybridized carbons (Fsp3) is 0.263. The topological polar surface area (TPSA) is 67.4 Å². The Morgan fingerprint density at radius 2 is 1.83 bits per heavy atom. The Kier molecular flexibility index (Phi) is 6.37. The minimum atomic E-state index is -0.347. The zero-order valence-corrected chi connectivity index (χ0v) is 14.0. The van der Waals surface area contributed by atoms with Crippen molar-refractivity contribution in [2.24, 2.45) is 0 Å². The molecule has 5 nitrogen and oxygen atoms in total. The summed E-state index contributed by atoms with van der Waals surface area (Å²) in [5.74, 6) is -0.439. The lowest BCUT2D eigenvalue weighted by Gasteiger charge is -2.09. The molecule has 0 bridgehead atoms. The van der Waals surface area contributed by atoms with Gasteiger partial charge in [0.15, 0.2) is 0 Å². The quantitative estimate of drug-likeness (QED) is 0.768. The van der Waals surface area contributed by atoms with Crippen LogP contribution in [0.2, 0.25) is 0 Å². The third-order valence-electron chi connectivity index (χ3n) is 3.42. The first-order valence-electron chi connectivity index (χ1n) is 7.92. The number of nitrogens with one attached hydrogen (secondary N) is 2. The number of carbonyl (C=O) groups is 2. The van der Waals surface area contributed by atoms with Crippen LogP contribution in [0.4, 0.5) is 5.69 Å². The first-order chi connectivity index (χ1) is 11.6. The van der Waals surface area contributed by atoms with Crippen molar-refractivity contribution in [2.45, 2.75) is 20.4 Å². The van der Waals surface area contributed by atoms with Gasteiger partial charge in [-0.2, -0.15) is 0 Å². The van der Waals surface area contributed by atoms with E-state index in [1.807, 2.05) is 31.2 Å². The smallest absolute Gasteiger partial charge is 0.338 e. The van der Waals surface area contributed by atoms with Gasteiger partial charge >= 0.3 is 5.97 Å². The van der Waals surface area contributed by atoms with Crippen LogP contribution in [0.25, 0.3) is 0 Å². The fourth-order valence-electron chi connectivity index (χ4n) is 2.21. The number of anilines is 1. The molecule has 5 heteroatoms. The van der Waals surface area contributed by atoms with E-state index in [0.717, 1.165) is 11.3 Å². The van der Waals surface area contributed by atoms with Crippen LogP contribution in [0.1, 0.15) is 28.4 Å². The summed E-state index contributed by atoms with van der Waals surface area (Å²) in [5.41, 5.74) is 3.50. The number of ether oxygens (including phenoxy) is 1. The molecule has 126 valence electrons. The SMILES string of the molecule is CCOC(=O)c1ccc(NCC(=O)NCc2cccc(C)c2)cc1. The largest absolute Gasteiger partial charge is 0.462 e. The fourth-order valence-corrected chi connectivity index (χ4v) is 2.21. The maximum absolute atomic E-state index is 11.9. The van der Waals surface area contributed by atoms with E-state index < -0.39 is 0 Å². The zero-order chi connectivity index (χ0) is 17.4. The summed E-state index contributed by atoms with van der Waals surface area (Å²) in [6.45, 7) is 4.81. The number of rotatable bonds is 7. The average molecular weight is 326 g/mol. The molecular formula is C19H22N2O3. The molecular weight excluding hydrogens is 304 g/mol. The standard InChI is InChI=1S/C19H22N2O3/c1-3-24-19(23)16-7-9-17(10-8-16)20-13-18(22)21-12-15-6-4-5-14(2)11-15/h4-11,20H,3,12-13H2,1-2H3,(H,21,22). The van der Waals surface area contributed by atoms with Crippen LogP contribution in [-0.2, 0) is 16.1 Å². The number of amides is 1. The molecule has 0 aliphatic carbocycles. The summed E-state index contributed by atoms with van der Waals surface area (Å²) in [4.78, 5) is 23.4. The molecule has 0 aliphatic rings. The summed E-state index contributed by atoms with van der Waals surface area (Å²) in [6.07, 6.45) is 0. The van der Waals surface area contributed by atoms with Gasteiger partial charge < -0.3 is 15.4 Å². The highest BCUT2D eigenvalue weighted by atomic mass is 16.5. The first kappa shape index (κ1) is 17.5. The molecule has 1 amide bonds. The van der Waals surface area contributed by atoms with E-state index in [9.17, 15) is 9.59 Å². The summed E-state index contributed by atoms with van der Waals surface area (Å²) < 4.78 is 4.92. The molecule has 0 aromatic heterocycles. The van der Waals surface area contributed by atoms with Crippen molar-refractivity contribution in [1.82, 2.24) is 5.32 Å². The molecule has 2 aromatic rings. The molecule has 0 unspecified atom stereocenters. The van der Waals surface area contributed by atoms with Gasteiger partial charge in [-0.3, -0.25) is 4.79 Å². The third kappa shape index (κ3) is 5.43. The maximum Gasteiger partial charge on any atom is 0.338 e. The molecule has 2 N–H and O–H groups in total. The second kappa shape index (κ2) is 8.72. The van der Waals surface area contributed by atoms with Crippen molar-refractivity contribution in [1.29, 1.82) is 0 Å². The van der Waals surface area contributed by atoms with Gasteiger partial charge in [-0.25, -0.2) is 4.79 Å². The average Bonchev–Trinajstić information content (AvgIpc) is 2.59. The van der Waals surface area contributed by atoms with E-state index in [1.165, 1.54) is 5.56 Å². The van der Waals surface area contributed by atoms with Gasteiger partial charge in [0.1, 0.15) is 0 Å². The Labute approximate surface area is 142 Å². The monoisotopic (exact) mass is 326 g/mol. The number of carbonyl (C=O) groups excluding carboxylic acids is 2. The Balaban J connectivity index is 1.78. The lowest BCUT2D eigenvalue weighted by Crippen LogP contribution is -2.29. The predicted octanol–water partition coefficient (Wildman–Crippen LogP) is 2.90. The number of hydrogen-bond donors (Lipinski definition) is 2. The van der Waals surface area contributed by atoms with Gasteiger partial charge in [-0.15, -0.1) is 0 Å². The molecule has 2 rings (SSSR count). The van der Waals surface area contributed by atoms with Gasteiger partial charge in [-0.05, 0) is 43.7 Å². The second-order valence-electron chi connectivity index (χ2n) is 5.42. The van der Waals surface area contributed by atoms with Crippen LogP contribution in [0.15, 0.2) is 48.5 Å². The summed E-state index contributed by atoms with van der Waals surface area (Å²) in [6, 6.07) is 14.9. The van der Waals surface area contributed by atoms with Crippen LogP contribution >= 0.6 is 0 Å². The van der Waals surface area contributed by atoms with E-state index in [0.29, 0.717) is 18.7 Å². The lowest BCUT2D eigenvalue weighted by atomic mass is 10.1. The van der Waals surface area contributed by atoms with E-state index >= 15 is 0 Å². The van der Waals surface area contributed by atoms with Crippen molar-refractivity contribution >= 4 is 17.6 Å². The van der Waals surface area contributed by atoms with E-state index in [-0.39, 0.29) is 18.4 Å². The van der Waals surface area contributed by atoms with Crippen LogP contribution in [0.5, 0.6) is 0 Å². The molecule has 0 aliphatic heterocycles. The van der Waals surface area contributed by atoms with Crippen LogP contribution in [0.3, 0.4) is 0 Å². The van der Waals surface area contributed by atoms with Gasteiger partial charge in [0.2, 0.25) is 5.91 Å². The normalized spacial score (nSPS) is 10.1. The second-order valence-corrected chi connectivity index (χ2v) is 5.42. The Morgan fingerprint density at radius 1 is 1.08 bits per heavy atom. The predicted molar refractivity (Wildman–Crippen MR) is 93.9 cm³/mol. The summed E-state index contributed by atoms with van der Waals surface area (Å²) in [5, 5.41) is 5.89. The van der Waals surface area contributed by atoms with Gasteiger partial charge in [-0.1, -0.05) is 29.8 Å². The van der Waals surface area contributed by atoms with E-state index in [1.54, 1.807) is 31.2 Å². The number of benzene rings is 2. The Bertz CT molecular complexity index is 696. The first-order valence-corrected chi connectivity index (χ1v) is 7.92. The minimum Gasteiger partial charge on any atom is -0.462 e. The third-order valence-corrected chi connectivity index (χ3v) is 3.42. The van der Waals surface area contributed by atoms with Gasteiger partial charge in [0, 0.05) is 12.2 Å². The molecule has 0 saturated carbocycles. The Morgan fingerprint density at radius 3 is 2.50 bits per heavy atom. The van der Waals surface area contributed by atoms with Crippen molar-refractivity contribution in [3.8, 4) is 0 Å². The summed E-state index contributed by atoms with van der Waals surface area (Å²) in [7, 11) is 0. The summed E-state index contributed by atoms with van der Waals surface area (Å²) >= 11 is 0. The number of hydrogen-bond acceptors (Lipinski definition) is 4. The number of esters is 1. The van der Waals surface area contributed by atoms with Crippen molar-refractivity contribution in [3.63, 3.8) is 0 Å². The molecule has 0 spiro atoms. The van der Waals surface area contributed by atoms with Crippen LogP contribution in [0, 0.1) is 6.92 Å². The Hall–Kier alpha value is -2.82. The van der Waals surface area contributed by atoms with Crippen LogP contribution < -0.4 is 10.6 Å². The minimum absolute atomic E-state index is 0.0917. The molecule has 0 atom stereocenters. The molecule has 24 heavy (non-hydrogen) atoms. The highest BCUT2D eigenvalue weighted by molar-refractivity contribution is 5.90. The lowest BCUT2D eigenvalue weighted by molar-refractivity contribution is -0.119. The van der Waals surface area contributed by atoms with E-state index in [4.69, 9.17) is 4.74 Å². The van der Waals surface area contributed by atoms with Crippen molar-refractivity contribution < 1.29 is 14.3 Å². The van der Waals surface area contributed by atoms with Crippen LogP contribution in [-0.4, -0.2) is 25.0 Å². The molecule has 2 aromatic carbocycles. The highest BCUT2D eigenvalue weighted by Gasteiger charge is 2.06. The maximum atomic E-state index is 11.9. The van der Waals surface area contributed by atoms with Crippen molar-refractivity contribution in [2.75, 3.05) is 18.5 Å². The number of aryl methyl sites for hydroxylation is 1. The van der Waals surface area contributed by atoms with Gasteiger partial charge in [0.25, 0.3) is 0 Å². The molecule has 0 radical (unpaired) electrons. The zero-order valence-electron chi connectivity index (χ0n) is 14.0. The van der Waals surface area contributed by atoms with Crippen molar-refractivity contribution in [3.05, 3.63) is 65.2 Å². The molecule has 0 heterocycles. The van der Waals surface area contributed by atoms with Gasteiger partial charge in [0.05, 0.1) is 18.7 Å².